The summed E-state index contributed by atoms with van der Waals surface area (Å²) in [5.74, 6) is -5.97. The first-order valence-electron chi connectivity index (χ1n) is 42.7. The molecule has 5 atom stereocenters. The summed E-state index contributed by atoms with van der Waals surface area (Å²) < 4.78 is 213. The summed E-state index contributed by atoms with van der Waals surface area (Å²) in [6.45, 7) is 31.5. The first-order valence-corrected chi connectivity index (χ1v) is 48.3. The Morgan fingerprint density at radius 1 is 0.420 bits per heavy atom. The number of ether oxygens (including phenoxy) is 4. The Bertz CT molecular complexity index is 5370. The molecule has 0 bridgehead atoms. The molecule has 0 spiro atoms. The van der Waals surface area contributed by atoms with Gasteiger partial charge in [0.2, 0.25) is 0 Å². The topological polar surface area (TPSA) is 254 Å². The highest BCUT2D eigenvalue weighted by molar-refractivity contribution is 8.13. The van der Waals surface area contributed by atoms with E-state index in [1.165, 1.54) is 36.9 Å². The number of rotatable bonds is 29. The minimum Gasteiger partial charge on any atom is -0.508 e. The molecule has 30 heteroatoms. The van der Waals surface area contributed by atoms with Gasteiger partial charge < -0.3 is 37.5 Å². The van der Waals surface area contributed by atoms with Crippen molar-refractivity contribution in [1.82, 2.24) is 0 Å². The third kappa shape index (κ3) is 31.8. The molecule has 1 aliphatic rings. The van der Waals surface area contributed by atoms with Gasteiger partial charge in [-0.2, -0.15) is 47.9 Å². The molecule has 10 aromatic carbocycles. The van der Waals surface area contributed by atoms with Crippen LogP contribution in [0.4, 0.5) is 39.5 Å². The van der Waals surface area contributed by atoms with Gasteiger partial charge in [-0.15, -0.1) is 0 Å². The summed E-state index contributed by atoms with van der Waals surface area (Å²) in [4.78, 5) is 40.2. The zero-order chi connectivity index (χ0) is 98.2. The number of aryl methyl sites for hydroxylation is 1. The Hall–Kier alpha value is -10.7. The van der Waals surface area contributed by atoms with Gasteiger partial charge in [-0.25, -0.2) is 16.8 Å². The number of phenolic OH excluding ortho intramolecular Hbond substituents is 2. The van der Waals surface area contributed by atoms with Crippen molar-refractivity contribution in [2.24, 2.45) is 16.2 Å². The van der Waals surface area contributed by atoms with Crippen molar-refractivity contribution in [3.63, 3.8) is 0 Å². The standard InChI is InChI=1S/C18H20O2.C18H15S.C16H22O2.C15H22O3.C14H13F9NO7S3.2C10H14O/c1-4-18(2,3)17(19)20-16-12-10-15(11-13-16)14-8-6-5-7-9-14;1-4-10-16(11-5-1)19(17-12-6-2-7-13-17)18-14-8-3-9-15-18;1-4-16(2,3)15(17)18-14-11-7-9-12-8-5-6-10-13(12)14;1-6-15(3,4)14(16)18-11(2)12-7-9-13(17-5)10-8-12;1-3-8(2)9-4-6-10(7-5-9)31-34(29,30)13(19,20)11(15,16)12(17,18)32(25,26)24-33(27,28)14(21,22)23;2*1-3-8(2)9-4-6-10(11)7-5-9/h5-13H,4H2,1-3H3;1-15H;5-6,8,10,14H,4,7,9,11H2,1-3H3;7-11H,6H2,1-5H3;4-8H,3H2,1-2H3;2*4-8,11H,3H2,1-2H3/q;+1;;;-1;;. The number of benzene rings is 10. The number of esters is 3. The lowest BCUT2D eigenvalue weighted by atomic mass is 9.88. The Kier molecular flexibility index (Phi) is 42.1. The fourth-order valence-electron chi connectivity index (χ4n) is 11.5. The van der Waals surface area contributed by atoms with Gasteiger partial charge in [0.15, 0.2) is 34.7 Å². The molecule has 0 aromatic heterocycles. The Balaban J connectivity index is 0.000000279. The van der Waals surface area contributed by atoms with Crippen molar-refractivity contribution in [3.05, 3.63) is 304 Å². The van der Waals surface area contributed by atoms with Crippen molar-refractivity contribution >= 4 is 59.0 Å². The van der Waals surface area contributed by atoms with E-state index in [0.29, 0.717) is 57.3 Å². The third-order valence-corrected chi connectivity index (χ3v) is 28.7. The summed E-state index contributed by atoms with van der Waals surface area (Å²) in [6, 6.07) is 84.2. The van der Waals surface area contributed by atoms with Gasteiger partial charge in [0, 0.05) is 0 Å². The Labute approximate surface area is 769 Å². The van der Waals surface area contributed by atoms with Crippen LogP contribution in [0.25, 0.3) is 15.3 Å². The zero-order valence-corrected chi connectivity index (χ0v) is 80.0. The second kappa shape index (κ2) is 49.7. The molecule has 0 saturated carbocycles. The quantitative estimate of drug-likeness (QED) is 0.0145. The summed E-state index contributed by atoms with van der Waals surface area (Å²) >= 11 is 0. The fourth-order valence-corrected chi connectivity index (χ4v) is 16.8. The fraction of sp³-hybridized carbons (Fsp3) is 0.376. The molecule has 0 aliphatic heterocycles. The molecule has 1 aliphatic carbocycles. The van der Waals surface area contributed by atoms with Gasteiger partial charge in [-0.1, -0.05) is 232 Å². The molecular weight excluding hydrogens is 1780 g/mol. The first kappa shape index (κ1) is 111. The second-order valence-electron chi connectivity index (χ2n) is 32.8. The average molecular weight is 1900 g/mol. The van der Waals surface area contributed by atoms with Crippen molar-refractivity contribution in [2.45, 2.75) is 235 Å². The van der Waals surface area contributed by atoms with Crippen LogP contribution in [0.1, 0.15) is 225 Å². The van der Waals surface area contributed by atoms with Crippen molar-refractivity contribution < 1.29 is 112 Å². The number of hydrogen-bond donors (Lipinski definition) is 2. The van der Waals surface area contributed by atoms with E-state index in [4.69, 9.17) is 29.2 Å². The van der Waals surface area contributed by atoms with Gasteiger partial charge in [0.25, 0.3) is 0 Å². The number of methoxy groups -OCH3 is 1. The molecule has 0 amide bonds. The van der Waals surface area contributed by atoms with Crippen LogP contribution in [0.3, 0.4) is 0 Å². The number of nitrogens with zero attached hydrogens (tertiary/aromatic N) is 1. The lowest BCUT2D eigenvalue weighted by Crippen LogP contribution is -2.61. The monoisotopic (exact) mass is 1900 g/mol. The lowest BCUT2D eigenvalue weighted by molar-refractivity contribution is -0.245. The maximum absolute atomic E-state index is 14.0. The number of halogens is 9. The van der Waals surface area contributed by atoms with Crippen LogP contribution in [0.2, 0.25) is 0 Å². The van der Waals surface area contributed by atoms with Gasteiger partial charge in [0.05, 0.1) is 34.2 Å². The number of phenols is 2. The van der Waals surface area contributed by atoms with Gasteiger partial charge in [0.1, 0.15) is 41.0 Å². The highest BCUT2D eigenvalue weighted by Gasteiger charge is 2.81. The van der Waals surface area contributed by atoms with Crippen LogP contribution in [0.5, 0.6) is 28.7 Å². The number of carbonyl (C=O) groups is 3. The van der Waals surface area contributed by atoms with E-state index in [2.05, 4.69) is 153 Å². The maximum Gasteiger partial charge on any atom is 0.480 e. The zero-order valence-electron chi connectivity index (χ0n) is 76.7. The van der Waals surface area contributed by atoms with Crippen LogP contribution in [0.15, 0.2) is 282 Å². The van der Waals surface area contributed by atoms with Crippen molar-refractivity contribution in [3.8, 4) is 39.9 Å². The smallest absolute Gasteiger partial charge is 0.480 e. The van der Waals surface area contributed by atoms with Crippen LogP contribution >= 0.6 is 0 Å². The average Bonchev–Trinajstić information content (AvgIpc) is 0.713. The Morgan fingerprint density at radius 2 is 0.771 bits per heavy atom. The largest absolute Gasteiger partial charge is 0.508 e. The van der Waals surface area contributed by atoms with E-state index < -0.39 is 68.7 Å². The number of sulfonamides is 2. The molecular formula is C101H120F9NO16S4. The molecule has 17 nitrogen and oxygen atoms in total. The molecule has 131 heavy (non-hydrogen) atoms. The van der Waals surface area contributed by atoms with Crippen LogP contribution in [-0.4, -0.2) is 82.4 Å². The van der Waals surface area contributed by atoms with Crippen molar-refractivity contribution in [1.29, 1.82) is 0 Å². The SMILES string of the molecule is CCC(C)(C)C(=O)OC(C)c1ccc(OC)cc1.CCC(C)(C)C(=O)OC1CCCc2ccccc21.CCC(C)(C)C(=O)Oc1ccc(-c2ccccc2)cc1.CCC(C)c1ccc(O)cc1.CCC(C)c1ccc(O)cc1.CCC(C)c1ccc(OS(=O)(=O)C(F)(F)C(F)(F)C(F)(F)S(=O)(=O)[N-]S(=O)(=O)C(F)(F)F)cc1.c1ccc([S+](c2ccccc2)c2ccccc2)cc1. The Morgan fingerprint density at radius 3 is 1.17 bits per heavy atom. The minimum absolute atomic E-state index is 0.0146. The maximum atomic E-state index is 14.0. The van der Waals surface area contributed by atoms with E-state index in [-0.39, 0.29) is 52.3 Å². The molecule has 0 heterocycles. The van der Waals surface area contributed by atoms with Crippen LogP contribution in [-0.2, 0) is 71.3 Å². The van der Waals surface area contributed by atoms with Crippen LogP contribution in [0, 0.1) is 16.2 Å². The molecule has 10 aromatic rings. The number of carbonyl (C=O) groups excluding carboxylic acids is 3. The normalized spacial score (nSPS) is 13.9. The van der Waals surface area contributed by atoms with E-state index >= 15 is 0 Å². The highest BCUT2D eigenvalue weighted by Crippen LogP contribution is 2.54. The number of alkyl halides is 9. The van der Waals surface area contributed by atoms with E-state index in [1.807, 2.05) is 166 Å². The summed E-state index contributed by atoms with van der Waals surface area (Å²) in [7, 11) is -21.0. The summed E-state index contributed by atoms with van der Waals surface area (Å²) in [6.07, 6.45) is 8.03. The molecule has 0 fully saturated rings. The number of aromatic hydroxyl groups is 2. The molecule has 5 unspecified atom stereocenters. The second-order valence-corrected chi connectivity index (χ2v) is 39.9. The van der Waals surface area contributed by atoms with Crippen molar-refractivity contribution in [2.75, 3.05) is 7.11 Å². The first-order chi connectivity index (χ1) is 61.3. The van der Waals surface area contributed by atoms with Crippen LogP contribution < -0.4 is 13.7 Å². The van der Waals surface area contributed by atoms with E-state index in [0.717, 1.165) is 85.9 Å². The molecule has 0 saturated heterocycles. The van der Waals surface area contributed by atoms with Gasteiger partial charge >= 0.3 is 50.0 Å². The molecule has 11 rings (SSSR count). The van der Waals surface area contributed by atoms with E-state index in [1.54, 1.807) is 45.2 Å². The van der Waals surface area contributed by atoms with E-state index in [9.17, 15) is 79.2 Å². The molecule has 0 radical (unpaired) electrons. The molecule has 712 valence electrons. The summed E-state index contributed by atoms with van der Waals surface area (Å²) in [5, 5.41) is 3.43. The highest BCUT2D eigenvalue weighted by atomic mass is 32.3. The predicted octanol–water partition coefficient (Wildman–Crippen LogP) is 27.4. The predicted molar refractivity (Wildman–Crippen MR) is 497 cm³/mol. The van der Waals surface area contributed by atoms with Gasteiger partial charge in [-0.05, 0) is 266 Å². The lowest BCUT2D eigenvalue weighted by Gasteiger charge is -2.35. The third-order valence-electron chi connectivity index (χ3n) is 22.1. The number of hydrogen-bond acceptors (Lipinski definition) is 16. The number of fused-ring (bicyclic) bond motifs is 1. The van der Waals surface area contributed by atoms with Gasteiger partial charge in [-0.3, -0.25) is 14.4 Å². The molecule has 2 N–H and O–H groups in total. The summed E-state index contributed by atoms with van der Waals surface area (Å²) in [5.41, 5.74) is 0.885. The minimum atomic E-state index is -7.96.